The topological polar surface area (TPSA) is 88.8 Å². The Morgan fingerprint density at radius 2 is 1.73 bits per heavy atom. The Hall–Kier alpha value is -3.49. The zero-order valence-electron chi connectivity index (χ0n) is 17.7. The standard InChI is InChI=1S/C24H22F3NO5/c1-13-20(21(23(31)32)14-4-2-3-5-14)18-12-16(29)8-11-19(18)28(13)22(30)15-6-9-17(10-7-15)33-24(25,26)27/h6-12,14,21,29H,2-5H2,1H3,(H,31,32). The molecule has 0 saturated heterocycles. The molecule has 0 bridgehead atoms. The van der Waals surface area contributed by atoms with Crippen molar-refractivity contribution in [3.8, 4) is 11.5 Å². The highest BCUT2D eigenvalue weighted by Gasteiger charge is 2.37. The second kappa shape index (κ2) is 8.46. The molecule has 9 heteroatoms. The summed E-state index contributed by atoms with van der Waals surface area (Å²) >= 11 is 0. The van der Waals surface area contributed by atoms with E-state index in [2.05, 4.69) is 4.74 Å². The summed E-state index contributed by atoms with van der Waals surface area (Å²) in [5.41, 5.74) is 1.43. The molecule has 0 aliphatic heterocycles. The van der Waals surface area contributed by atoms with Gasteiger partial charge in [0.2, 0.25) is 0 Å². The Bertz CT molecular complexity index is 1210. The van der Waals surface area contributed by atoms with Crippen LogP contribution in [-0.2, 0) is 4.79 Å². The molecule has 1 aromatic heterocycles. The summed E-state index contributed by atoms with van der Waals surface area (Å²) in [6.07, 6.45) is -1.46. The molecule has 1 aliphatic carbocycles. The third-order valence-corrected chi connectivity index (χ3v) is 6.22. The number of alkyl halides is 3. The predicted octanol–water partition coefficient (Wildman–Crippen LogP) is 5.60. The lowest BCUT2D eigenvalue weighted by Crippen LogP contribution is -2.21. The van der Waals surface area contributed by atoms with Gasteiger partial charge in [0.1, 0.15) is 11.5 Å². The zero-order chi connectivity index (χ0) is 23.9. The van der Waals surface area contributed by atoms with Crippen molar-refractivity contribution in [2.24, 2.45) is 5.92 Å². The van der Waals surface area contributed by atoms with Crippen molar-refractivity contribution in [3.05, 3.63) is 59.3 Å². The molecule has 0 radical (unpaired) electrons. The first-order valence-electron chi connectivity index (χ1n) is 10.5. The number of aromatic hydroxyl groups is 1. The molecule has 33 heavy (non-hydrogen) atoms. The third-order valence-electron chi connectivity index (χ3n) is 6.22. The van der Waals surface area contributed by atoms with Crippen LogP contribution in [0.25, 0.3) is 10.9 Å². The van der Waals surface area contributed by atoms with E-state index in [-0.39, 0.29) is 17.2 Å². The smallest absolute Gasteiger partial charge is 0.508 e. The summed E-state index contributed by atoms with van der Waals surface area (Å²) in [6.45, 7) is 1.65. The van der Waals surface area contributed by atoms with Gasteiger partial charge in [0.05, 0.1) is 11.4 Å². The van der Waals surface area contributed by atoms with E-state index >= 15 is 0 Å². The minimum Gasteiger partial charge on any atom is -0.508 e. The summed E-state index contributed by atoms with van der Waals surface area (Å²) in [5.74, 6) is -2.95. The summed E-state index contributed by atoms with van der Waals surface area (Å²) < 4.78 is 42.5. The van der Waals surface area contributed by atoms with Gasteiger partial charge in [-0.1, -0.05) is 12.8 Å². The van der Waals surface area contributed by atoms with Crippen LogP contribution in [0.1, 0.15) is 53.2 Å². The Balaban J connectivity index is 1.82. The molecule has 1 aliphatic rings. The summed E-state index contributed by atoms with van der Waals surface area (Å²) in [7, 11) is 0. The average molecular weight is 461 g/mol. The van der Waals surface area contributed by atoms with Gasteiger partial charge in [-0.2, -0.15) is 0 Å². The monoisotopic (exact) mass is 461 g/mol. The number of rotatable bonds is 5. The molecule has 6 nitrogen and oxygen atoms in total. The number of carboxylic acids is 1. The summed E-state index contributed by atoms with van der Waals surface area (Å²) in [5, 5.41) is 20.6. The summed E-state index contributed by atoms with van der Waals surface area (Å²) in [6, 6.07) is 8.93. The van der Waals surface area contributed by atoms with Gasteiger partial charge < -0.3 is 14.9 Å². The first-order chi connectivity index (χ1) is 15.6. The lowest BCUT2D eigenvalue weighted by atomic mass is 9.83. The van der Waals surface area contributed by atoms with Gasteiger partial charge in [0, 0.05) is 16.6 Å². The number of aliphatic carboxylic acids is 1. The van der Waals surface area contributed by atoms with Crippen LogP contribution < -0.4 is 4.74 Å². The Kier molecular flexibility index (Phi) is 5.82. The minimum absolute atomic E-state index is 0.0578. The van der Waals surface area contributed by atoms with E-state index in [9.17, 15) is 33.0 Å². The van der Waals surface area contributed by atoms with Crippen LogP contribution >= 0.6 is 0 Å². The molecule has 1 atom stereocenters. The quantitative estimate of drug-likeness (QED) is 0.516. The normalized spacial score (nSPS) is 15.6. The van der Waals surface area contributed by atoms with Crippen molar-refractivity contribution in [3.63, 3.8) is 0 Å². The molecule has 4 rings (SSSR count). The molecule has 1 heterocycles. The molecule has 0 spiro atoms. The van der Waals surface area contributed by atoms with E-state index in [1.165, 1.54) is 34.9 Å². The predicted molar refractivity (Wildman–Crippen MR) is 114 cm³/mol. The van der Waals surface area contributed by atoms with Crippen LogP contribution in [0.3, 0.4) is 0 Å². The lowest BCUT2D eigenvalue weighted by molar-refractivity contribution is -0.274. The van der Waals surface area contributed by atoms with E-state index in [1.807, 2.05) is 0 Å². The highest BCUT2D eigenvalue weighted by atomic mass is 19.4. The van der Waals surface area contributed by atoms with E-state index < -0.39 is 29.9 Å². The average Bonchev–Trinajstić information content (AvgIpc) is 3.34. The third kappa shape index (κ3) is 4.40. The van der Waals surface area contributed by atoms with Crippen molar-refractivity contribution in [1.82, 2.24) is 4.57 Å². The molecule has 1 saturated carbocycles. The molecular weight excluding hydrogens is 439 g/mol. The van der Waals surface area contributed by atoms with Gasteiger partial charge in [-0.15, -0.1) is 13.2 Å². The lowest BCUT2D eigenvalue weighted by Gasteiger charge is -2.20. The van der Waals surface area contributed by atoms with Gasteiger partial charge >= 0.3 is 12.3 Å². The number of fused-ring (bicyclic) bond motifs is 1. The fourth-order valence-electron chi connectivity index (χ4n) is 4.86. The van der Waals surface area contributed by atoms with Crippen molar-refractivity contribution in [2.45, 2.75) is 44.9 Å². The second-order valence-corrected chi connectivity index (χ2v) is 8.27. The first kappa shape index (κ1) is 22.7. The fraction of sp³-hybridized carbons (Fsp3) is 0.333. The molecule has 1 unspecified atom stereocenters. The SMILES string of the molecule is Cc1c(C(C(=O)O)C2CCCC2)c2cc(O)ccc2n1C(=O)c1ccc(OC(F)(F)F)cc1. The number of phenolic OH excluding ortho intramolecular Hbond substituents is 1. The van der Waals surface area contributed by atoms with Crippen molar-refractivity contribution in [2.75, 3.05) is 0 Å². The maximum absolute atomic E-state index is 13.4. The van der Waals surface area contributed by atoms with E-state index in [0.29, 0.717) is 22.2 Å². The van der Waals surface area contributed by atoms with Gasteiger partial charge in [-0.05, 0) is 73.7 Å². The molecular formula is C24H22F3NO5. The van der Waals surface area contributed by atoms with Crippen LogP contribution in [0, 0.1) is 12.8 Å². The molecule has 2 aromatic carbocycles. The largest absolute Gasteiger partial charge is 0.573 e. The number of carbonyl (C=O) groups is 2. The van der Waals surface area contributed by atoms with Crippen LogP contribution in [0.5, 0.6) is 11.5 Å². The number of hydrogen-bond donors (Lipinski definition) is 2. The van der Waals surface area contributed by atoms with Gasteiger partial charge in [-0.3, -0.25) is 14.2 Å². The Morgan fingerprint density at radius 3 is 2.30 bits per heavy atom. The molecule has 174 valence electrons. The number of benzene rings is 2. The Morgan fingerprint density at radius 1 is 1.09 bits per heavy atom. The van der Waals surface area contributed by atoms with Crippen molar-refractivity contribution >= 4 is 22.8 Å². The maximum atomic E-state index is 13.4. The highest BCUT2D eigenvalue weighted by Crippen LogP contribution is 2.43. The minimum atomic E-state index is -4.85. The summed E-state index contributed by atoms with van der Waals surface area (Å²) in [4.78, 5) is 25.7. The Labute approximate surface area is 187 Å². The van der Waals surface area contributed by atoms with Crippen molar-refractivity contribution in [1.29, 1.82) is 0 Å². The number of phenols is 1. The number of aromatic nitrogens is 1. The molecule has 3 aromatic rings. The number of carbonyl (C=O) groups excluding carboxylic acids is 1. The van der Waals surface area contributed by atoms with Crippen LogP contribution in [0.4, 0.5) is 13.2 Å². The highest BCUT2D eigenvalue weighted by molar-refractivity contribution is 6.05. The van der Waals surface area contributed by atoms with Crippen molar-refractivity contribution < 1.29 is 37.7 Å². The number of ether oxygens (including phenoxy) is 1. The number of halogens is 3. The van der Waals surface area contributed by atoms with E-state index in [0.717, 1.165) is 37.8 Å². The van der Waals surface area contributed by atoms with E-state index in [1.54, 1.807) is 6.92 Å². The number of carboxylic acid groups (broad SMARTS) is 1. The van der Waals surface area contributed by atoms with Crippen LogP contribution in [0.2, 0.25) is 0 Å². The molecule has 1 fully saturated rings. The fourth-order valence-corrected chi connectivity index (χ4v) is 4.86. The van der Waals surface area contributed by atoms with Gasteiger partial charge in [0.25, 0.3) is 5.91 Å². The molecule has 2 N–H and O–H groups in total. The van der Waals surface area contributed by atoms with Gasteiger partial charge in [0.15, 0.2) is 0 Å². The second-order valence-electron chi connectivity index (χ2n) is 8.27. The number of nitrogens with zero attached hydrogens (tertiary/aromatic N) is 1. The van der Waals surface area contributed by atoms with Gasteiger partial charge in [-0.25, -0.2) is 0 Å². The number of hydrogen-bond acceptors (Lipinski definition) is 4. The first-order valence-corrected chi connectivity index (χ1v) is 10.5. The van der Waals surface area contributed by atoms with E-state index in [4.69, 9.17) is 0 Å². The van der Waals surface area contributed by atoms with Crippen LogP contribution in [0.15, 0.2) is 42.5 Å². The molecule has 0 amide bonds. The van der Waals surface area contributed by atoms with Crippen LogP contribution in [-0.4, -0.2) is 33.0 Å². The zero-order valence-corrected chi connectivity index (χ0v) is 17.7. The maximum Gasteiger partial charge on any atom is 0.573 e.